The second kappa shape index (κ2) is 8.19. The summed E-state index contributed by atoms with van der Waals surface area (Å²) in [6.07, 6.45) is 0. The van der Waals surface area contributed by atoms with Crippen molar-refractivity contribution in [1.82, 2.24) is 4.72 Å². The van der Waals surface area contributed by atoms with Gasteiger partial charge >= 0.3 is 6.61 Å². The number of hydrogen-bond donors (Lipinski definition) is 2. The molecule has 2 rings (SSSR count). The van der Waals surface area contributed by atoms with E-state index in [1.807, 2.05) is 0 Å². The Morgan fingerprint density at radius 1 is 1.04 bits per heavy atom. The molecule has 0 aromatic heterocycles. The van der Waals surface area contributed by atoms with Gasteiger partial charge in [0.1, 0.15) is 11.6 Å². The number of nitrogens with one attached hydrogen (secondary N) is 2. The summed E-state index contributed by atoms with van der Waals surface area (Å²) in [4.78, 5) is 11.9. The fourth-order valence-corrected chi connectivity index (χ4v) is 3.14. The van der Waals surface area contributed by atoms with Crippen molar-refractivity contribution in [3.63, 3.8) is 0 Å². The molecule has 0 aliphatic carbocycles. The number of amides is 1. The van der Waals surface area contributed by atoms with Gasteiger partial charge in [0.25, 0.3) is 0 Å². The van der Waals surface area contributed by atoms with Crippen molar-refractivity contribution in [3.8, 4) is 5.75 Å². The molecule has 2 aromatic rings. The number of sulfonamides is 1. The monoisotopic (exact) mass is 388 g/mol. The average molecular weight is 388 g/mol. The van der Waals surface area contributed by atoms with Gasteiger partial charge in [-0.05, 0) is 55.5 Å². The smallest absolute Gasteiger partial charge is 0.387 e. The molecule has 0 unspecified atom stereocenters. The van der Waals surface area contributed by atoms with Crippen molar-refractivity contribution in [2.75, 3.05) is 5.32 Å². The van der Waals surface area contributed by atoms with E-state index in [0.717, 1.165) is 24.3 Å². The predicted octanol–water partition coefficient (Wildman–Crippen LogP) is 2.73. The maximum Gasteiger partial charge on any atom is 0.387 e. The van der Waals surface area contributed by atoms with Crippen LogP contribution in [0.4, 0.5) is 18.9 Å². The molecule has 10 heteroatoms. The van der Waals surface area contributed by atoms with Crippen molar-refractivity contribution in [2.24, 2.45) is 0 Å². The normalized spacial score (nSPS) is 12.7. The summed E-state index contributed by atoms with van der Waals surface area (Å²) in [7, 11) is -4.01. The molecule has 0 heterocycles. The Morgan fingerprint density at radius 2 is 1.62 bits per heavy atom. The van der Waals surface area contributed by atoms with E-state index in [2.05, 4.69) is 14.8 Å². The van der Waals surface area contributed by atoms with Gasteiger partial charge in [-0.2, -0.15) is 13.5 Å². The number of benzene rings is 2. The fourth-order valence-electron chi connectivity index (χ4n) is 1.94. The Balaban J connectivity index is 1.99. The third kappa shape index (κ3) is 5.46. The van der Waals surface area contributed by atoms with Crippen LogP contribution in [-0.4, -0.2) is 27.0 Å². The second-order valence-electron chi connectivity index (χ2n) is 5.19. The van der Waals surface area contributed by atoms with Gasteiger partial charge in [0.05, 0.1) is 10.9 Å². The average Bonchev–Trinajstić information content (AvgIpc) is 2.56. The van der Waals surface area contributed by atoms with Crippen molar-refractivity contribution in [3.05, 3.63) is 54.3 Å². The molecular weight excluding hydrogens is 373 g/mol. The van der Waals surface area contributed by atoms with E-state index in [0.29, 0.717) is 0 Å². The van der Waals surface area contributed by atoms with Crippen LogP contribution in [0.1, 0.15) is 6.92 Å². The van der Waals surface area contributed by atoms with Crippen LogP contribution in [0.5, 0.6) is 5.75 Å². The molecule has 0 radical (unpaired) electrons. The first-order valence-corrected chi connectivity index (χ1v) is 8.79. The minimum Gasteiger partial charge on any atom is -0.435 e. The molecule has 6 nitrogen and oxygen atoms in total. The lowest BCUT2D eigenvalue weighted by molar-refractivity contribution is -0.117. The topological polar surface area (TPSA) is 84.5 Å². The molecule has 26 heavy (non-hydrogen) atoms. The molecular formula is C16H15F3N2O4S. The van der Waals surface area contributed by atoms with E-state index in [9.17, 15) is 26.4 Å². The third-order valence-corrected chi connectivity index (χ3v) is 4.75. The van der Waals surface area contributed by atoms with Crippen LogP contribution >= 0.6 is 0 Å². The predicted molar refractivity (Wildman–Crippen MR) is 87.9 cm³/mol. The van der Waals surface area contributed by atoms with Crippen LogP contribution in [0, 0.1) is 5.82 Å². The third-order valence-electron chi connectivity index (χ3n) is 3.20. The Hall–Kier alpha value is -2.59. The van der Waals surface area contributed by atoms with Crippen molar-refractivity contribution < 1.29 is 31.1 Å². The number of rotatable bonds is 7. The van der Waals surface area contributed by atoms with Gasteiger partial charge in [0.2, 0.25) is 15.9 Å². The molecule has 0 saturated carbocycles. The van der Waals surface area contributed by atoms with Gasteiger partial charge in [-0.25, -0.2) is 12.8 Å². The first-order chi connectivity index (χ1) is 12.2. The van der Waals surface area contributed by atoms with Crippen molar-refractivity contribution in [2.45, 2.75) is 24.5 Å². The summed E-state index contributed by atoms with van der Waals surface area (Å²) in [5.74, 6) is -1.34. The zero-order valence-corrected chi connectivity index (χ0v) is 14.3. The summed E-state index contributed by atoms with van der Waals surface area (Å²) < 4.78 is 67.7. The lowest BCUT2D eigenvalue weighted by atomic mass is 10.2. The number of halogens is 3. The van der Waals surface area contributed by atoms with Crippen LogP contribution in [0.2, 0.25) is 0 Å². The summed E-state index contributed by atoms with van der Waals surface area (Å²) in [6.45, 7) is -1.64. The first-order valence-electron chi connectivity index (χ1n) is 7.31. The number of alkyl halides is 2. The maximum absolute atomic E-state index is 12.9. The summed E-state index contributed by atoms with van der Waals surface area (Å²) >= 11 is 0. The van der Waals surface area contributed by atoms with E-state index in [4.69, 9.17) is 0 Å². The quantitative estimate of drug-likeness (QED) is 0.764. The van der Waals surface area contributed by atoms with Crippen molar-refractivity contribution >= 4 is 21.6 Å². The standard InChI is InChI=1S/C16H15F3N2O4S/c1-10(21-26(23,24)14-8-2-11(17)3-9-14)15(22)20-12-4-6-13(7-5-12)25-16(18)19/h2-10,16,21H,1H3,(H,20,22)/t10-/m0/s1. The molecule has 0 spiro atoms. The number of hydrogen-bond acceptors (Lipinski definition) is 4. The van der Waals surface area contributed by atoms with E-state index in [1.165, 1.54) is 31.2 Å². The number of anilines is 1. The molecule has 0 saturated heterocycles. The Kier molecular flexibility index (Phi) is 6.22. The zero-order chi connectivity index (χ0) is 19.3. The minimum absolute atomic E-state index is 0.0805. The fraction of sp³-hybridized carbons (Fsp3) is 0.188. The van der Waals surface area contributed by atoms with Crippen LogP contribution < -0.4 is 14.8 Å². The Labute approximate surface area is 148 Å². The highest BCUT2D eigenvalue weighted by Gasteiger charge is 2.22. The highest BCUT2D eigenvalue weighted by molar-refractivity contribution is 7.89. The van der Waals surface area contributed by atoms with Gasteiger partial charge < -0.3 is 10.1 Å². The molecule has 2 N–H and O–H groups in total. The molecule has 140 valence electrons. The highest BCUT2D eigenvalue weighted by atomic mass is 32.2. The van der Waals surface area contributed by atoms with Gasteiger partial charge in [-0.15, -0.1) is 0 Å². The SMILES string of the molecule is C[C@H](NS(=O)(=O)c1ccc(F)cc1)C(=O)Nc1ccc(OC(F)F)cc1. The number of carbonyl (C=O) groups excluding carboxylic acids is 1. The van der Waals surface area contributed by atoms with E-state index in [1.54, 1.807) is 0 Å². The zero-order valence-electron chi connectivity index (χ0n) is 13.4. The van der Waals surface area contributed by atoms with Crippen LogP contribution in [0.15, 0.2) is 53.4 Å². The maximum atomic E-state index is 12.9. The summed E-state index contributed by atoms with van der Waals surface area (Å²) in [6, 6.07) is 8.11. The molecule has 0 fully saturated rings. The van der Waals surface area contributed by atoms with E-state index >= 15 is 0 Å². The minimum atomic E-state index is -4.01. The van der Waals surface area contributed by atoms with Gasteiger partial charge in [0.15, 0.2) is 0 Å². The van der Waals surface area contributed by atoms with Gasteiger partial charge in [-0.1, -0.05) is 0 Å². The van der Waals surface area contributed by atoms with Crippen molar-refractivity contribution in [1.29, 1.82) is 0 Å². The van der Waals surface area contributed by atoms with Crippen LogP contribution in [0.25, 0.3) is 0 Å². The van der Waals surface area contributed by atoms with E-state index in [-0.39, 0.29) is 16.3 Å². The lowest BCUT2D eigenvalue weighted by Gasteiger charge is -2.15. The number of ether oxygens (including phenoxy) is 1. The first kappa shape index (κ1) is 19.7. The molecule has 0 aliphatic heterocycles. The largest absolute Gasteiger partial charge is 0.435 e. The van der Waals surface area contributed by atoms with E-state index < -0.39 is 34.4 Å². The highest BCUT2D eigenvalue weighted by Crippen LogP contribution is 2.18. The van der Waals surface area contributed by atoms with Gasteiger partial charge in [0, 0.05) is 5.69 Å². The molecule has 1 atom stereocenters. The molecule has 1 amide bonds. The van der Waals surface area contributed by atoms with Crippen LogP contribution in [-0.2, 0) is 14.8 Å². The van der Waals surface area contributed by atoms with Crippen LogP contribution in [0.3, 0.4) is 0 Å². The summed E-state index contributed by atoms with van der Waals surface area (Å²) in [5.41, 5.74) is 0.268. The summed E-state index contributed by atoms with van der Waals surface area (Å²) in [5, 5.41) is 2.44. The molecule has 0 bridgehead atoms. The Bertz CT molecular complexity index is 856. The molecule has 0 aliphatic rings. The Morgan fingerprint density at radius 3 is 2.15 bits per heavy atom. The van der Waals surface area contributed by atoms with Gasteiger partial charge in [-0.3, -0.25) is 4.79 Å². The second-order valence-corrected chi connectivity index (χ2v) is 6.90. The lowest BCUT2D eigenvalue weighted by Crippen LogP contribution is -2.41. The number of carbonyl (C=O) groups is 1. The molecule has 2 aromatic carbocycles.